The minimum Gasteiger partial charge on any atom is -0.446 e. The minimum absolute atomic E-state index is 0.0958. The van der Waals surface area contributed by atoms with Crippen LogP contribution in [0.5, 0.6) is 0 Å². The second kappa shape index (κ2) is 9.45. The maximum atomic E-state index is 13.0. The van der Waals surface area contributed by atoms with Crippen LogP contribution < -0.4 is 5.73 Å². The Balaban J connectivity index is 1.46. The number of rotatable bonds is 6. The van der Waals surface area contributed by atoms with E-state index in [1.165, 1.54) is 17.4 Å². The molecular formula is C25H30N4O2. The standard InChI is InChI=1S/C25H30N4O2/c1-18(2)22(26)24-27-21(17-31-24)25(30)29-15-13-28(14-16-29)23(19-9-5-3-6-10-19)20-11-7-4-8-12-20/h3-12,17-18,22-23H,13-16,26H2,1-2H3. The van der Waals surface area contributed by atoms with Gasteiger partial charge in [0.2, 0.25) is 5.89 Å². The van der Waals surface area contributed by atoms with Gasteiger partial charge in [0, 0.05) is 26.2 Å². The normalized spacial score (nSPS) is 16.1. The van der Waals surface area contributed by atoms with Crippen molar-refractivity contribution in [2.45, 2.75) is 25.9 Å². The van der Waals surface area contributed by atoms with Gasteiger partial charge in [0.1, 0.15) is 6.26 Å². The van der Waals surface area contributed by atoms with Crippen molar-refractivity contribution < 1.29 is 9.21 Å². The summed E-state index contributed by atoms with van der Waals surface area (Å²) in [7, 11) is 0. The van der Waals surface area contributed by atoms with Gasteiger partial charge in [-0.15, -0.1) is 0 Å². The van der Waals surface area contributed by atoms with Crippen molar-refractivity contribution >= 4 is 5.91 Å². The van der Waals surface area contributed by atoms with Crippen LogP contribution >= 0.6 is 0 Å². The molecule has 31 heavy (non-hydrogen) atoms. The molecule has 1 saturated heterocycles. The lowest BCUT2D eigenvalue weighted by Crippen LogP contribution is -2.50. The number of hydrogen-bond donors (Lipinski definition) is 1. The molecule has 0 bridgehead atoms. The van der Waals surface area contributed by atoms with Gasteiger partial charge in [-0.05, 0) is 17.0 Å². The lowest BCUT2D eigenvalue weighted by Gasteiger charge is -2.39. The van der Waals surface area contributed by atoms with Crippen molar-refractivity contribution in [2.24, 2.45) is 11.7 Å². The number of piperazine rings is 1. The van der Waals surface area contributed by atoms with Crippen molar-refractivity contribution in [3.8, 4) is 0 Å². The molecule has 2 N–H and O–H groups in total. The highest BCUT2D eigenvalue weighted by atomic mass is 16.3. The first-order chi connectivity index (χ1) is 15.0. The van der Waals surface area contributed by atoms with Gasteiger partial charge < -0.3 is 15.1 Å². The summed E-state index contributed by atoms with van der Waals surface area (Å²) in [4.78, 5) is 21.6. The maximum Gasteiger partial charge on any atom is 0.275 e. The van der Waals surface area contributed by atoms with Gasteiger partial charge in [-0.2, -0.15) is 0 Å². The number of nitrogens with two attached hydrogens (primary N) is 1. The van der Waals surface area contributed by atoms with Gasteiger partial charge in [0.15, 0.2) is 5.69 Å². The number of benzene rings is 2. The van der Waals surface area contributed by atoms with Gasteiger partial charge in [-0.1, -0.05) is 74.5 Å². The molecule has 1 amide bonds. The zero-order chi connectivity index (χ0) is 21.8. The molecule has 0 radical (unpaired) electrons. The third kappa shape index (κ3) is 4.70. The Kier molecular flexibility index (Phi) is 6.49. The van der Waals surface area contributed by atoms with Gasteiger partial charge in [0.05, 0.1) is 12.1 Å². The number of carbonyl (C=O) groups is 1. The molecule has 0 saturated carbocycles. The Morgan fingerprint density at radius 2 is 1.48 bits per heavy atom. The molecule has 162 valence electrons. The van der Waals surface area contributed by atoms with E-state index < -0.39 is 0 Å². The molecule has 1 aromatic heterocycles. The third-order valence-corrected chi connectivity index (χ3v) is 5.94. The average molecular weight is 419 g/mol. The Morgan fingerprint density at radius 3 is 2.00 bits per heavy atom. The van der Waals surface area contributed by atoms with Gasteiger partial charge in [-0.3, -0.25) is 9.69 Å². The predicted molar refractivity (Wildman–Crippen MR) is 120 cm³/mol. The highest BCUT2D eigenvalue weighted by molar-refractivity contribution is 5.92. The fourth-order valence-corrected chi connectivity index (χ4v) is 4.05. The van der Waals surface area contributed by atoms with E-state index in [-0.39, 0.29) is 23.9 Å². The molecule has 0 aliphatic carbocycles. The van der Waals surface area contributed by atoms with E-state index in [9.17, 15) is 4.79 Å². The van der Waals surface area contributed by atoms with Crippen molar-refractivity contribution in [1.82, 2.24) is 14.8 Å². The van der Waals surface area contributed by atoms with Gasteiger partial charge >= 0.3 is 0 Å². The molecule has 0 spiro atoms. The minimum atomic E-state index is -0.309. The Labute approximate surface area is 183 Å². The van der Waals surface area contributed by atoms with Crippen LogP contribution in [0.4, 0.5) is 0 Å². The summed E-state index contributed by atoms with van der Waals surface area (Å²) in [5.74, 6) is 0.518. The SMILES string of the molecule is CC(C)C(N)c1nc(C(=O)N2CCN(C(c3ccccc3)c3ccccc3)CC2)co1. The first-order valence-electron chi connectivity index (χ1n) is 10.9. The second-order valence-electron chi connectivity index (χ2n) is 8.39. The molecule has 1 fully saturated rings. The molecule has 6 nitrogen and oxygen atoms in total. The molecule has 1 aliphatic heterocycles. The lowest BCUT2D eigenvalue weighted by molar-refractivity contribution is 0.0591. The van der Waals surface area contributed by atoms with E-state index in [0.717, 1.165) is 13.1 Å². The highest BCUT2D eigenvalue weighted by Crippen LogP contribution is 2.29. The van der Waals surface area contributed by atoms with Crippen molar-refractivity contribution in [1.29, 1.82) is 0 Å². The topological polar surface area (TPSA) is 75.6 Å². The summed E-state index contributed by atoms with van der Waals surface area (Å²) < 4.78 is 5.48. The Hall–Kier alpha value is -2.96. The molecule has 1 atom stereocenters. The molecule has 3 aromatic rings. The number of oxazole rings is 1. The third-order valence-electron chi connectivity index (χ3n) is 5.94. The fourth-order valence-electron chi connectivity index (χ4n) is 4.05. The van der Waals surface area contributed by atoms with E-state index in [1.54, 1.807) is 0 Å². The van der Waals surface area contributed by atoms with Crippen LogP contribution in [0, 0.1) is 5.92 Å². The highest BCUT2D eigenvalue weighted by Gasteiger charge is 2.30. The van der Waals surface area contributed by atoms with Crippen LogP contribution in [0.1, 0.15) is 53.4 Å². The Morgan fingerprint density at radius 1 is 0.935 bits per heavy atom. The maximum absolute atomic E-state index is 13.0. The summed E-state index contributed by atoms with van der Waals surface area (Å²) in [5.41, 5.74) is 8.96. The van der Waals surface area contributed by atoms with Gasteiger partial charge in [0.25, 0.3) is 5.91 Å². The predicted octanol–water partition coefficient (Wildman–Crippen LogP) is 3.88. The summed E-state index contributed by atoms with van der Waals surface area (Å²) in [6, 6.07) is 20.9. The van der Waals surface area contributed by atoms with Crippen LogP contribution in [0.25, 0.3) is 0 Å². The van der Waals surface area contributed by atoms with Crippen LogP contribution in [0.15, 0.2) is 71.3 Å². The molecule has 1 unspecified atom stereocenters. The largest absolute Gasteiger partial charge is 0.446 e. The van der Waals surface area contributed by atoms with Crippen molar-refractivity contribution in [3.05, 3.63) is 89.6 Å². The first kappa shape index (κ1) is 21.3. The van der Waals surface area contributed by atoms with E-state index in [2.05, 4.69) is 58.4 Å². The summed E-state index contributed by atoms with van der Waals surface area (Å²) in [6.45, 7) is 6.88. The number of nitrogens with zero attached hydrogens (tertiary/aromatic N) is 3. The van der Waals surface area contributed by atoms with Gasteiger partial charge in [-0.25, -0.2) is 4.98 Å². The van der Waals surface area contributed by atoms with E-state index in [1.807, 2.05) is 30.9 Å². The lowest BCUT2D eigenvalue weighted by atomic mass is 9.96. The molecule has 2 aromatic carbocycles. The quantitative estimate of drug-likeness (QED) is 0.658. The second-order valence-corrected chi connectivity index (χ2v) is 8.39. The summed E-state index contributed by atoms with van der Waals surface area (Å²) >= 11 is 0. The molecular weight excluding hydrogens is 388 g/mol. The van der Waals surface area contributed by atoms with Crippen LogP contribution in [0.2, 0.25) is 0 Å². The van der Waals surface area contributed by atoms with E-state index in [0.29, 0.717) is 24.7 Å². The van der Waals surface area contributed by atoms with E-state index >= 15 is 0 Å². The number of hydrogen-bond acceptors (Lipinski definition) is 5. The molecule has 6 heteroatoms. The first-order valence-corrected chi connectivity index (χ1v) is 10.9. The zero-order valence-electron chi connectivity index (χ0n) is 18.1. The smallest absolute Gasteiger partial charge is 0.275 e. The van der Waals surface area contributed by atoms with Crippen LogP contribution in [-0.2, 0) is 0 Å². The average Bonchev–Trinajstić information content (AvgIpc) is 3.30. The van der Waals surface area contributed by atoms with Crippen molar-refractivity contribution in [2.75, 3.05) is 26.2 Å². The number of aromatic nitrogens is 1. The zero-order valence-corrected chi connectivity index (χ0v) is 18.1. The molecule has 1 aliphatic rings. The molecule has 4 rings (SSSR count). The number of amides is 1. The van der Waals surface area contributed by atoms with E-state index in [4.69, 9.17) is 10.2 Å². The monoisotopic (exact) mass is 418 g/mol. The van der Waals surface area contributed by atoms with Crippen LogP contribution in [0.3, 0.4) is 0 Å². The number of carbonyl (C=O) groups excluding carboxylic acids is 1. The van der Waals surface area contributed by atoms with Crippen molar-refractivity contribution in [3.63, 3.8) is 0 Å². The summed E-state index contributed by atoms with van der Waals surface area (Å²) in [6.07, 6.45) is 1.43. The fraction of sp³-hybridized carbons (Fsp3) is 0.360. The summed E-state index contributed by atoms with van der Waals surface area (Å²) in [5, 5.41) is 0. The molecule has 2 heterocycles. The Bertz CT molecular complexity index is 940. The van der Waals surface area contributed by atoms with Crippen LogP contribution in [-0.4, -0.2) is 46.9 Å².